The molecule has 0 heterocycles. The summed E-state index contributed by atoms with van der Waals surface area (Å²) in [5.74, 6) is 0.0896. The topological polar surface area (TPSA) is 61.4 Å². The van der Waals surface area contributed by atoms with E-state index in [1.807, 2.05) is 13.8 Å². The van der Waals surface area contributed by atoms with Crippen LogP contribution in [-0.4, -0.2) is 30.3 Å². The van der Waals surface area contributed by atoms with Crippen LogP contribution in [0.4, 0.5) is 4.79 Å². The van der Waals surface area contributed by atoms with Gasteiger partial charge in [-0.05, 0) is 37.5 Å². The van der Waals surface area contributed by atoms with Gasteiger partial charge in [-0.3, -0.25) is 0 Å². The number of hydrogen-bond acceptors (Lipinski definition) is 2. The van der Waals surface area contributed by atoms with Gasteiger partial charge in [0, 0.05) is 19.2 Å². The average molecular weight is 228 g/mol. The Morgan fingerprint density at radius 3 is 2.50 bits per heavy atom. The van der Waals surface area contributed by atoms with Crippen molar-refractivity contribution in [3.8, 4) is 0 Å². The Bertz CT molecular complexity index is 239. The SMILES string of the molecule is CCC1(CNC(=O)NC(C)C(C)CO)CC1. The molecular formula is C12H24N2O2. The zero-order chi connectivity index (χ0) is 12.2. The van der Waals surface area contributed by atoms with Gasteiger partial charge in [0.25, 0.3) is 0 Å². The predicted octanol–water partition coefficient (Wildman–Crippen LogP) is 1.49. The van der Waals surface area contributed by atoms with Crippen molar-refractivity contribution in [2.45, 2.75) is 46.1 Å². The van der Waals surface area contributed by atoms with E-state index in [0.29, 0.717) is 5.41 Å². The molecule has 0 radical (unpaired) electrons. The van der Waals surface area contributed by atoms with E-state index in [1.54, 1.807) is 0 Å². The molecule has 4 nitrogen and oxygen atoms in total. The summed E-state index contributed by atoms with van der Waals surface area (Å²) in [4.78, 5) is 11.6. The maximum atomic E-state index is 11.6. The minimum atomic E-state index is -0.118. The first-order valence-corrected chi connectivity index (χ1v) is 6.18. The Balaban J connectivity index is 2.20. The number of hydrogen-bond donors (Lipinski definition) is 3. The highest BCUT2D eigenvalue weighted by Gasteiger charge is 2.40. The van der Waals surface area contributed by atoms with Crippen molar-refractivity contribution < 1.29 is 9.90 Å². The molecule has 1 rings (SSSR count). The Morgan fingerprint density at radius 2 is 2.06 bits per heavy atom. The van der Waals surface area contributed by atoms with Crippen LogP contribution in [0, 0.1) is 11.3 Å². The lowest BCUT2D eigenvalue weighted by molar-refractivity contribution is 0.199. The molecule has 0 bridgehead atoms. The second kappa shape index (κ2) is 5.53. The second-order valence-corrected chi connectivity index (χ2v) is 5.13. The maximum Gasteiger partial charge on any atom is 0.315 e. The van der Waals surface area contributed by atoms with Gasteiger partial charge in [0.05, 0.1) is 0 Å². The van der Waals surface area contributed by atoms with Gasteiger partial charge in [0.15, 0.2) is 0 Å². The first kappa shape index (κ1) is 13.3. The van der Waals surface area contributed by atoms with E-state index in [0.717, 1.165) is 13.0 Å². The van der Waals surface area contributed by atoms with Crippen molar-refractivity contribution in [1.82, 2.24) is 10.6 Å². The van der Waals surface area contributed by atoms with E-state index >= 15 is 0 Å². The van der Waals surface area contributed by atoms with E-state index in [4.69, 9.17) is 5.11 Å². The molecule has 2 atom stereocenters. The molecule has 0 aromatic heterocycles. The van der Waals surface area contributed by atoms with Gasteiger partial charge in [-0.2, -0.15) is 0 Å². The monoisotopic (exact) mass is 228 g/mol. The normalized spacial score (nSPS) is 21.0. The highest BCUT2D eigenvalue weighted by molar-refractivity contribution is 5.74. The van der Waals surface area contributed by atoms with Crippen molar-refractivity contribution in [2.75, 3.05) is 13.2 Å². The van der Waals surface area contributed by atoms with Crippen LogP contribution in [0.15, 0.2) is 0 Å². The fourth-order valence-corrected chi connectivity index (χ4v) is 1.66. The number of aliphatic hydroxyl groups is 1. The fraction of sp³-hybridized carbons (Fsp3) is 0.917. The Labute approximate surface area is 97.8 Å². The summed E-state index contributed by atoms with van der Waals surface area (Å²) >= 11 is 0. The molecule has 1 fully saturated rings. The highest BCUT2D eigenvalue weighted by atomic mass is 16.3. The van der Waals surface area contributed by atoms with Gasteiger partial charge in [0.1, 0.15) is 0 Å². The maximum absolute atomic E-state index is 11.6. The summed E-state index contributed by atoms with van der Waals surface area (Å²) in [7, 11) is 0. The molecule has 2 unspecified atom stereocenters. The molecule has 2 amide bonds. The van der Waals surface area contributed by atoms with Gasteiger partial charge >= 0.3 is 6.03 Å². The van der Waals surface area contributed by atoms with E-state index in [1.165, 1.54) is 12.8 Å². The van der Waals surface area contributed by atoms with Crippen LogP contribution >= 0.6 is 0 Å². The summed E-state index contributed by atoms with van der Waals surface area (Å²) in [5, 5.41) is 14.7. The first-order chi connectivity index (χ1) is 7.53. The standard InChI is InChI=1S/C12H24N2O2/c1-4-12(5-6-12)8-13-11(16)14-10(3)9(2)7-15/h9-10,15H,4-8H2,1-3H3,(H2,13,14,16). The van der Waals surface area contributed by atoms with Crippen molar-refractivity contribution in [3.63, 3.8) is 0 Å². The lowest BCUT2D eigenvalue weighted by Crippen LogP contribution is -2.45. The molecule has 0 aromatic rings. The van der Waals surface area contributed by atoms with Crippen LogP contribution in [0.3, 0.4) is 0 Å². The minimum Gasteiger partial charge on any atom is -0.396 e. The van der Waals surface area contributed by atoms with Gasteiger partial charge in [0.2, 0.25) is 0 Å². The summed E-state index contributed by atoms with van der Waals surface area (Å²) in [6.07, 6.45) is 3.59. The molecule has 3 N–H and O–H groups in total. The van der Waals surface area contributed by atoms with Gasteiger partial charge < -0.3 is 15.7 Å². The quantitative estimate of drug-likeness (QED) is 0.645. The van der Waals surface area contributed by atoms with Crippen LogP contribution in [0.2, 0.25) is 0 Å². The van der Waals surface area contributed by atoms with Gasteiger partial charge in [-0.1, -0.05) is 13.8 Å². The van der Waals surface area contributed by atoms with Crippen molar-refractivity contribution >= 4 is 6.03 Å². The van der Waals surface area contributed by atoms with E-state index < -0.39 is 0 Å². The van der Waals surface area contributed by atoms with Crippen LogP contribution in [0.1, 0.15) is 40.0 Å². The summed E-state index contributed by atoms with van der Waals surface area (Å²) in [6.45, 7) is 6.87. The Kier molecular flexibility index (Phi) is 4.59. The molecule has 0 spiro atoms. The zero-order valence-corrected chi connectivity index (χ0v) is 10.5. The predicted molar refractivity (Wildman–Crippen MR) is 64.2 cm³/mol. The molecule has 1 aliphatic carbocycles. The third-order valence-electron chi connectivity index (χ3n) is 3.83. The zero-order valence-electron chi connectivity index (χ0n) is 10.5. The number of aliphatic hydroxyl groups excluding tert-OH is 1. The number of carbonyl (C=O) groups excluding carboxylic acids is 1. The van der Waals surface area contributed by atoms with Crippen molar-refractivity contribution in [2.24, 2.45) is 11.3 Å². The molecular weight excluding hydrogens is 204 g/mol. The number of rotatable bonds is 6. The van der Waals surface area contributed by atoms with E-state index in [2.05, 4.69) is 17.6 Å². The van der Waals surface area contributed by atoms with Gasteiger partial charge in [-0.25, -0.2) is 4.79 Å². The number of amides is 2. The minimum absolute atomic E-state index is 0.00165. The number of carbonyl (C=O) groups is 1. The lowest BCUT2D eigenvalue weighted by atomic mass is 10.0. The molecule has 1 saturated carbocycles. The molecule has 0 aliphatic heterocycles. The molecule has 16 heavy (non-hydrogen) atoms. The van der Waals surface area contributed by atoms with E-state index in [9.17, 15) is 4.79 Å². The average Bonchev–Trinajstić information content (AvgIpc) is 3.06. The molecule has 4 heteroatoms. The fourth-order valence-electron chi connectivity index (χ4n) is 1.66. The largest absolute Gasteiger partial charge is 0.396 e. The van der Waals surface area contributed by atoms with Crippen LogP contribution in [0.5, 0.6) is 0 Å². The number of urea groups is 1. The van der Waals surface area contributed by atoms with E-state index in [-0.39, 0.29) is 24.6 Å². The highest BCUT2D eigenvalue weighted by Crippen LogP contribution is 2.47. The Morgan fingerprint density at radius 1 is 1.44 bits per heavy atom. The Hall–Kier alpha value is -0.770. The second-order valence-electron chi connectivity index (χ2n) is 5.13. The summed E-state index contributed by atoms with van der Waals surface area (Å²) in [5.41, 5.74) is 0.378. The van der Waals surface area contributed by atoms with Crippen molar-refractivity contribution in [3.05, 3.63) is 0 Å². The number of nitrogens with one attached hydrogen (secondary N) is 2. The first-order valence-electron chi connectivity index (χ1n) is 6.18. The molecule has 0 saturated heterocycles. The summed E-state index contributed by atoms with van der Waals surface area (Å²) in [6, 6.07) is -0.116. The molecule has 94 valence electrons. The van der Waals surface area contributed by atoms with Crippen molar-refractivity contribution in [1.29, 1.82) is 0 Å². The third kappa shape index (κ3) is 3.67. The molecule has 0 aromatic carbocycles. The summed E-state index contributed by atoms with van der Waals surface area (Å²) < 4.78 is 0. The van der Waals surface area contributed by atoms with Crippen LogP contribution < -0.4 is 10.6 Å². The van der Waals surface area contributed by atoms with Crippen LogP contribution in [0.25, 0.3) is 0 Å². The lowest BCUT2D eigenvalue weighted by Gasteiger charge is -2.21. The third-order valence-corrected chi connectivity index (χ3v) is 3.83. The smallest absolute Gasteiger partial charge is 0.315 e. The van der Waals surface area contributed by atoms with Crippen LogP contribution in [-0.2, 0) is 0 Å². The molecule has 1 aliphatic rings. The van der Waals surface area contributed by atoms with Gasteiger partial charge in [-0.15, -0.1) is 0 Å².